The van der Waals surface area contributed by atoms with Crippen LogP contribution in [0.25, 0.3) is 16.0 Å². The van der Waals surface area contributed by atoms with Gasteiger partial charge in [0, 0.05) is 4.91 Å². The summed E-state index contributed by atoms with van der Waals surface area (Å²) in [5.41, 5.74) is 11.0. The van der Waals surface area contributed by atoms with E-state index in [9.17, 15) is 0 Å². The Bertz CT molecular complexity index is 402. The van der Waals surface area contributed by atoms with E-state index in [1.807, 2.05) is 18.2 Å². The maximum absolute atomic E-state index is 8.40. The quantitative estimate of drug-likeness (QED) is 0.393. The second-order valence-corrected chi connectivity index (χ2v) is 3.72. The first kappa shape index (κ1) is 9.81. The number of allylic oxidation sites excluding steroid dienone is 1. The molecule has 0 amide bonds. The molecule has 1 aromatic carbocycles. The van der Waals surface area contributed by atoms with Gasteiger partial charge in [-0.15, -0.1) is 0 Å². The molecule has 0 saturated carbocycles. The van der Waals surface area contributed by atoms with Crippen molar-refractivity contribution in [2.75, 3.05) is 0 Å². The zero-order valence-electron chi connectivity index (χ0n) is 8.50. The molecule has 15 heavy (non-hydrogen) atoms. The first-order chi connectivity index (χ1) is 7.40. The van der Waals surface area contributed by atoms with Crippen molar-refractivity contribution in [2.45, 2.75) is 25.3 Å². The predicted molar refractivity (Wildman–Crippen MR) is 61.2 cm³/mol. The molecule has 1 aromatic rings. The van der Waals surface area contributed by atoms with E-state index in [1.165, 1.54) is 11.1 Å². The van der Waals surface area contributed by atoms with Gasteiger partial charge in [-0.3, -0.25) is 0 Å². The van der Waals surface area contributed by atoms with Crippen LogP contribution in [-0.4, -0.2) is 6.04 Å². The molecule has 3 nitrogen and oxygen atoms in total. The number of rotatable bonds is 2. The molecule has 0 aliphatic heterocycles. The first-order valence-electron chi connectivity index (χ1n) is 5.20. The molecule has 3 heteroatoms. The normalized spacial score (nSPS) is 20.3. The minimum atomic E-state index is 0.0407. The van der Waals surface area contributed by atoms with Crippen molar-refractivity contribution in [3.8, 4) is 0 Å². The maximum atomic E-state index is 8.40. The van der Waals surface area contributed by atoms with Gasteiger partial charge in [0.1, 0.15) is 0 Å². The van der Waals surface area contributed by atoms with E-state index in [2.05, 4.69) is 28.2 Å². The predicted octanol–water partition coefficient (Wildman–Crippen LogP) is 3.93. The highest BCUT2D eigenvalue weighted by Gasteiger charge is 2.12. The second kappa shape index (κ2) is 4.67. The molecule has 0 bridgehead atoms. The van der Waals surface area contributed by atoms with Crippen molar-refractivity contribution >= 4 is 5.57 Å². The van der Waals surface area contributed by atoms with Crippen LogP contribution in [0.2, 0.25) is 0 Å². The minimum Gasteiger partial charge on any atom is -0.0865 e. The van der Waals surface area contributed by atoms with E-state index < -0.39 is 0 Å². The third-order valence-electron chi connectivity index (χ3n) is 2.68. The Hall–Kier alpha value is -1.73. The van der Waals surface area contributed by atoms with Gasteiger partial charge in [-0.2, -0.15) is 0 Å². The molecular weight excluding hydrogens is 186 g/mol. The number of nitrogens with zero attached hydrogens (tertiary/aromatic N) is 3. The summed E-state index contributed by atoms with van der Waals surface area (Å²) in [6.07, 6.45) is 5.25. The fourth-order valence-electron chi connectivity index (χ4n) is 1.95. The molecule has 1 unspecified atom stereocenters. The molecule has 0 saturated heterocycles. The SMILES string of the molecule is [N-]=[N+]=NC1C=C(c2ccccc2)CCC1. The fraction of sp³-hybridized carbons (Fsp3) is 0.333. The van der Waals surface area contributed by atoms with Gasteiger partial charge in [0.05, 0.1) is 6.04 Å². The third kappa shape index (κ3) is 2.39. The van der Waals surface area contributed by atoms with Crippen molar-refractivity contribution in [3.63, 3.8) is 0 Å². The van der Waals surface area contributed by atoms with Crippen LogP contribution in [0.1, 0.15) is 24.8 Å². The van der Waals surface area contributed by atoms with Gasteiger partial charge < -0.3 is 0 Å². The Balaban J connectivity index is 2.26. The largest absolute Gasteiger partial charge is 0.0865 e. The van der Waals surface area contributed by atoms with Gasteiger partial charge in [-0.1, -0.05) is 41.5 Å². The van der Waals surface area contributed by atoms with Crippen LogP contribution in [0.4, 0.5) is 0 Å². The summed E-state index contributed by atoms with van der Waals surface area (Å²) >= 11 is 0. The lowest BCUT2D eigenvalue weighted by Gasteiger charge is -2.17. The molecule has 0 radical (unpaired) electrons. The van der Waals surface area contributed by atoms with Gasteiger partial charge in [-0.25, -0.2) is 0 Å². The van der Waals surface area contributed by atoms with Crippen molar-refractivity contribution < 1.29 is 0 Å². The van der Waals surface area contributed by atoms with E-state index in [4.69, 9.17) is 5.53 Å². The number of benzene rings is 1. The standard InChI is InChI=1S/C12H13N3/c13-15-14-12-8-4-7-11(9-12)10-5-2-1-3-6-10/h1-3,5-6,9,12H,4,7-8H2. The summed E-state index contributed by atoms with van der Waals surface area (Å²) in [7, 11) is 0. The Morgan fingerprint density at radius 2 is 2.07 bits per heavy atom. The van der Waals surface area contributed by atoms with Crippen molar-refractivity contribution in [1.82, 2.24) is 0 Å². The summed E-state index contributed by atoms with van der Waals surface area (Å²) in [6.45, 7) is 0. The molecule has 0 aromatic heterocycles. The summed E-state index contributed by atoms with van der Waals surface area (Å²) in [5, 5.41) is 3.76. The van der Waals surface area contributed by atoms with Crippen LogP contribution in [0.3, 0.4) is 0 Å². The van der Waals surface area contributed by atoms with Crippen LogP contribution in [-0.2, 0) is 0 Å². The molecule has 0 spiro atoms. The van der Waals surface area contributed by atoms with Crippen molar-refractivity contribution in [3.05, 3.63) is 52.4 Å². The Kier molecular flexibility index (Phi) is 3.05. The van der Waals surface area contributed by atoms with E-state index in [0.29, 0.717) is 0 Å². The highest BCUT2D eigenvalue weighted by molar-refractivity contribution is 5.66. The number of hydrogen-bond acceptors (Lipinski definition) is 1. The molecule has 0 fully saturated rings. The third-order valence-corrected chi connectivity index (χ3v) is 2.68. The Morgan fingerprint density at radius 1 is 1.27 bits per heavy atom. The second-order valence-electron chi connectivity index (χ2n) is 3.72. The lowest BCUT2D eigenvalue weighted by Crippen LogP contribution is -2.06. The van der Waals surface area contributed by atoms with E-state index >= 15 is 0 Å². The van der Waals surface area contributed by atoms with Crippen LogP contribution >= 0.6 is 0 Å². The van der Waals surface area contributed by atoms with E-state index in [0.717, 1.165) is 19.3 Å². The van der Waals surface area contributed by atoms with Crippen LogP contribution in [0, 0.1) is 0 Å². The van der Waals surface area contributed by atoms with Gasteiger partial charge in [0.15, 0.2) is 0 Å². The average Bonchev–Trinajstić information content (AvgIpc) is 2.31. The summed E-state index contributed by atoms with van der Waals surface area (Å²) in [5.74, 6) is 0. The van der Waals surface area contributed by atoms with Crippen LogP contribution < -0.4 is 0 Å². The number of hydrogen-bond donors (Lipinski definition) is 0. The Labute approximate surface area is 89.1 Å². The average molecular weight is 199 g/mol. The fourth-order valence-corrected chi connectivity index (χ4v) is 1.95. The van der Waals surface area contributed by atoms with Gasteiger partial charge >= 0.3 is 0 Å². The Morgan fingerprint density at radius 3 is 2.80 bits per heavy atom. The molecule has 1 atom stereocenters. The molecule has 76 valence electrons. The van der Waals surface area contributed by atoms with Gasteiger partial charge in [0.2, 0.25) is 0 Å². The number of azide groups is 1. The molecule has 1 aliphatic rings. The van der Waals surface area contributed by atoms with Gasteiger partial charge in [-0.05, 0) is 35.9 Å². The molecule has 0 N–H and O–H groups in total. The molecule has 2 rings (SSSR count). The molecule has 0 heterocycles. The zero-order chi connectivity index (χ0) is 10.5. The molecule has 1 aliphatic carbocycles. The highest BCUT2D eigenvalue weighted by atomic mass is 15.1. The zero-order valence-corrected chi connectivity index (χ0v) is 8.50. The van der Waals surface area contributed by atoms with E-state index in [1.54, 1.807) is 0 Å². The summed E-state index contributed by atoms with van der Waals surface area (Å²) in [4.78, 5) is 2.87. The molecular formula is C12H13N3. The topological polar surface area (TPSA) is 48.8 Å². The summed E-state index contributed by atoms with van der Waals surface area (Å²) in [6, 6.07) is 10.3. The lowest BCUT2D eigenvalue weighted by atomic mass is 9.91. The van der Waals surface area contributed by atoms with Crippen molar-refractivity contribution in [1.29, 1.82) is 0 Å². The first-order valence-corrected chi connectivity index (χ1v) is 5.20. The lowest BCUT2D eigenvalue weighted by molar-refractivity contribution is 0.651. The maximum Gasteiger partial charge on any atom is 0.0561 e. The van der Waals surface area contributed by atoms with E-state index in [-0.39, 0.29) is 6.04 Å². The van der Waals surface area contributed by atoms with Crippen LogP contribution in [0.15, 0.2) is 41.5 Å². The van der Waals surface area contributed by atoms with Crippen molar-refractivity contribution in [2.24, 2.45) is 5.11 Å². The minimum absolute atomic E-state index is 0.0407. The summed E-state index contributed by atoms with van der Waals surface area (Å²) < 4.78 is 0. The van der Waals surface area contributed by atoms with Crippen LogP contribution in [0.5, 0.6) is 0 Å². The smallest absolute Gasteiger partial charge is 0.0561 e. The van der Waals surface area contributed by atoms with Gasteiger partial charge in [0.25, 0.3) is 0 Å². The highest BCUT2D eigenvalue weighted by Crippen LogP contribution is 2.27. The monoisotopic (exact) mass is 199 g/mol.